The average Bonchev–Trinajstić information content (AvgIpc) is 2.79. The Bertz CT molecular complexity index is 557. The van der Waals surface area contributed by atoms with Crippen LogP contribution in [-0.2, 0) is 15.6 Å². The van der Waals surface area contributed by atoms with Crippen molar-refractivity contribution in [3.63, 3.8) is 0 Å². The second-order valence-electron chi connectivity index (χ2n) is 9.15. The molecule has 1 saturated heterocycles. The molecule has 4 heteroatoms. The van der Waals surface area contributed by atoms with Crippen molar-refractivity contribution in [1.82, 2.24) is 10.6 Å². The predicted octanol–water partition coefficient (Wildman–Crippen LogP) is 3.25. The van der Waals surface area contributed by atoms with Crippen molar-refractivity contribution >= 4 is 5.91 Å². The summed E-state index contributed by atoms with van der Waals surface area (Å²) in [5, 5.41) is 6.44. The Kier molecular flexibility index (Phi) is 6.28. The summed E-state index contributed by atoms with van der Waals surface area (Å²) in [5.41, 5.74) is 3.17. The van der Waals surface area contributed by atoms with Crippen LogP contribution in [0.2, 0.25) is 0 Å². The van der Waals surface area contributed by atoms with Gasteiger partial charge in [0.25, 0.3) is 5.91 Å². The zero-order valence-corrected chi connectivity index (χ0v) is 16.7. The first-order valence-electron chi connectivity index (χ1n) is 9.30. The van der Waals surface area contributed by atoms with Gasteiger partial charge in [0.05, 0.1) is 13.2 Å². The molecule has 1 unspecified atom stereocenters. The number of amides is 1. The summed E-state index contributed by atoms with van der Waals surface area (Å²) in [6.45, 7) is 17.0. The fraction of sp³-hybridized carbons (Fsp3) is 0.667. The first-order chi connectivity index (χ1) is 11.6. The van der Waals surface area contributed by atoms with Gasteiger partial charge in [-0.15, -0.1) is 0 Å². The Balaban J connectivity index is 2.17. The minimum Gasteiger partial charge on any atom is -0.380 e. The smallest absolute Gasteiger partial charge is 0.251 e. The van der Waals surface area contributed by atoms with Crippen LogP contribution in [0.4, 0.5) is 0 Å². The van der Waals surface area contributed by atoms with Crippen LogP contribution in [0.3, 0.4) is 0 Å². The topological polar surface area (TPSA) is 50.4 Å². The molecular weight excluding hydrogens is 312 g/mol. The van der Waals surface area contributed by atoms with E-state index in [9.17, 15) is 4.79 Å². The van der Waals surface area contributed by atoms with Gasteiger partial charge in [0.15, 0.2) is 0 Å². The van der Waals surface area contributed by atoms with E-state index < -0.39 is 0 Å². The third-order valence-corrected chi connectivity index (χ3v) is 4.69. The fourth-order valence-corrected chi connectivity index (χ4v) is 2.85. The van der Waals surface area contributed by atoms with E-state index in [4.69, 9.17) is 4.74 Å². The highest BCUT2D eigenvalue weighted by atomic mass is 16.5. The third-order valence-electron chi connectivity index (χ3n) is 4.69. The normalized spacial score (nSPS) is 19.4. The highest BCUT2D eigenvalue weighted by Gasteiger charge is 2.22. The monoisotopic (exact) mass is 346 g/mol. The molecule has 1 aromatic carbocycles. The fourth-order valence-electron chi connectivity index (χ4n) is 2.85. The maximum atomic E-state index is 12.8. The number of carbonyl (C=O) groups excluding carboxylic acids is 1. The lowest BCUT2D eigenvalue weighted by molar-refractivity contribution is 0.0921. The van der Waals surface area contributed by atoms with Crippen molar-refractivity contribution in [2.75, 3.05) is 32.8 Å². The number of nitrogens with one attached hydrogen (secondary N) is 2. The maximum absolute atomic E-state index is 12.8. The minimum atomic E-state index is 0.000784. The highest BCUT2D eigenvalue weighted by molar-refractivity contribution is 5.94. The van der Waals surface area contributed by atoms with E-state index in [0.29, 0.717) is 19.1 Å². The highest BCUT2D eigenvalue weighted by Crippen LogP contribution is 2.30. The number of rotatable bonds is 3. The van der Waals surface area contributed by atoms with Gasteiger partial charge in [-0.05, 0) is 34.1 Å². The molecule has 1 amide bonds. The molecule has 0 spiro atoms. The molecule has 140 valence electrons. The Labute approximate surface area is 152 Å². The molecule has 2 N–H and O–H groups in total. The molecule has 0 saturated carbocycles. The van der Waals surface area contributed by atoms with Crippen molar-refractivity contribution in [1.29, 1.82) is 0 Å². The third kappa shape index (κ3) is 5.82. The van der Waals surface area contributed by atoms with Gasteiger partial charge in [0, 0.05) is 31.1 Å². The van der Waals surface area contributed by atoms with Crippen molar-refractivity contribution in [3.8, 4) is 0 Å². The summed E-state index contributed by atoms with van der Waals surface area (Å²) in [7, 11) is 0. The van der Waals surface area contributed by atoms with Crippen molar-refractivity contribution in [2.45, 2.75) is 52.4 Å². The van der Waals surface area contributed by atoms with Gasteiger partial charge >= 0.3 is 0 Å². The van der Waals surface area contributed by atoms with Gasteiger partial charge in [0.2, 0.25) is 0 Å². The van der Waals surface area contributed by atoms with Crippen LogP contribution in [-0.4, -0.2) is 38.8 Å². The predicted molar refractivity (Wildman–Crippen MR) is 103 cm³/mol. The number of carbonyl (C=O) groups is 1. The largest absolute Gasteiger partial charge is 0.380 e. The number of hydrogen-bond acceptors (Lipinski definition) is 3. The summed E-state index contributed by atoms with van der Waals surface area (Å²) >= 11 is 0. The average molecular weight is 347 g/mol. The second-order valence-corrected chi connectivity index (χ2v) is 9.15. The van der Waals surface area contributed by atoms with Crippen LogP contribution in [0.1, 0.15) is 63.0 Å². The molecule has 0 aliphatic carbocycles. The molecule has 1 aliphatic rings. The molecule has 0 bridgehead atoms. The molecule has 25 heavy (non-hydrogen) atoms. The van der Waals surface area contributed by atoms with E-state index in [2.05, 4.69) is 58.2 Å². The number of benzene rings is 1. The van der Waals surface area contributed by atoms with Gasteiger partial charge < -0.3 is 15.4 Å². The Hall–Kier alpha value is -1.39. The molecular formula is C21H34N2O2. The molecule has 0 radical (unpaired) electrons. The van der Waals surface area contributed by atoms with E-state index in [0.717, 1.165) is 25.3 Å². The van der Waals surface area contributed by atoms with Crippen molar-refractivity contribution in [3.05, 3.63) is 34.9 Å². The van der Waals surface area contributed by atoms with Gasteiger partial charge in [-0.2, -0.15) is 0 Å². The lowest BCUT2D eigenvalue weighted by atomic mass is 9.79. The molecule has 1 atom stereocenters. The summed E-state index contributed by atoms with van der Waals surface area (Å²) in [6.07, 6.45) is 0. The molecule has 4 nitrogen and oxygen atoms in total. The standard InChI is InChI=1S/C21H34N2O2/c1-20(2,3)17-9-16(10-18(11-17)21(4,5)6)19(24)23-13-15-12-22-7-8-25-14-15/h9-11,15,22H,7-8,12-14H2,1-6H3,(H,23,24). The van der Waals surface area contributed by atoms with Crippen LogP contribution in [0.25, 0.3) is 0 Å². The first kappa shape index (κ1) is 19.9. The van der Waals surface area contributed by atoms with E-state index >= 15 is 0 Å². The summed E-state index contributed by atoms with van der Waals surface area (Å²) < 4.78 is 5.56. The van der Waals surface area contributed by atoms with Crippen molar-refractivity contribution < 1.29 is 9.53 Å². The molecule has 0 aromatic heterocycles. The van der Waals surface area contributed by atoms with Gasteiger partial charge in [-0.25, -0.2) is 0 Å². The first-order valence-corrected chi connectivity index (χ1v) is 9.30. The molecule has 1 heterocycles. The van der Waals surface area contributed by atoms with Gasteiger partial charge in [0.1, 0.15) is 0 Å². The molecule has 1 aliphatic heterocycles. The molecule has 1 aromatic rings. The quantitative estimate of drug-likeness (QED) is 0.883. The van der Waals surface area contributed by atoms with Crippen LogP contribution >= 0.6 is 0 Å². The van der Waals surface area contributed by atoms with Crippen LogP contribution in [0, 0.1) is 5.92 Å². The minimum absolute atomic E-state index is 0.000784. The SMILES string of the molecule is CC(C)(C)c1cc(C(=O)NCC2CNCCOC2)cc(C(C)(C)C)c1. The summed E-state index contributed by atoms with van der Waals surface area (Å²) in [4.78, 5) is 12.8. The summed E-state index contributed by atoms with van der Waals surface area (Å²) in [6, 6.07) is 6.30. The zero-order valence-electron chi connectivity index (χ0n) is 16.7. The second kappa shape index (κ2) is 7.88. The molecule has 2 rings (SSSR count). The van der Waals surface area contributed by atoms with Crippen LogP contribution in [0.5, 0.6) is 0 Å². The van der Waals surface area contributed by atoms with E-state index in [1.807, 2.05) is 12.1 Å². The van der Waals surface area contributed by atoms with Crippen LogP contribution in [0.15, 0.2) is 18.2 Å². The maximum Gasteiger partial charge on any atom is 0.251 e. The van der Waals surface area contributed by atoms with E-state index in [1.54, 1.807) is 0 Å². The lowest BCUT2D eigenvalue weighted by Crippen LogP contribution is -2.35. The van der Waals surface area contributed by atoms with E-state index in [-0.39, 0.29) is 16.7 Å². The number of ether oxygens (including phenoxy) is 1. The van der Waals surface area contributed by atoms with Crippen molar-refractivity contribution in [2.24, 2.45) is 5.92 Å². The Morgan fingerprint density at radius 1 is 1.12 bits per heavy atom. The Morgan fingerprint density at radius 3 is 2.28 bits per heavy atom. The Morgan fingerprint density at radius 2 is 1.72 bits per heavy atom. The van der Waals surface area contributed by atoms with Gasteiger partial charge in [-0.1, -0.05) is 47.6 Å². The lowest BCUT2D eigenvalue weighted by Gasteiger charge is -2.26. The van der Waals surface area contributed by atoms with Crippen LogP contribution < -0.4 is 10.6 Å². The summed E-state index contributed by atoms with van der Waals surface area (Å²) in [5.74, 6) is 0.320. The zero-order chi connectivity index (χ0) is 18.7. The number of hydrogen-bond donors (Lipinski definition) is 2. The van der Waals surface area contributed by atoms with Gasteiger partial charge in [-0.3, -0.25) is 4.79 Å². The van der Waals surface area contributed by atoms with E-state index in [1.165, 1.54) is 11.1 Å². The molecule has 1 fully saturated rings.